The van der Waals surface area contributed by atoms with E-state index in [0.717, 1.165) is 54.7 Å². The Balaban J connectivity index is 1.94. The highest BCUT2D eigenvalue weighted by molar-refractivity contribution is 9.10. The molecule has 0 bridgehead atoms. The van der Waals surface area contributed by atoms with Gasteiger partial charge in [-0.1, -0.05) is 42.6 Å². The van der Waals surface area contributed by atoms with Crippen molar-refractivity contribution in [3.8, 4) is 11.5 Å². The zero-order chi connectivity index (χ0) is 21.8. The molecule has 166 valence electrons. The first-order chi connectivity index (χ1) is 14.6. The van der Waals surface area contributed by atoms with Crippen LogP contribution < -0.4 is 14.8 Å². The molecule has 2 aromatic carbocycles. The van der Waals surface area contributed by atoms with E-state index in [-0.39, 0.29) is 6.61 Å². The number of halogens is 3. The van der Waals surface area contributed by atoms with E-state index in [4.69, 9.17) is 37.4 Å². The van der Waals surface area contributed by atoms with Crippen molar-refractivity contribution in [2.24, 2.45) is 0 Å². The Hall–Kier alpha value is -0.980. The average molecular weight is 519 g/mol. The van der Waals surface area contributed by atoms with E-state index in [1.54, 1.807) is 12.1 Å². The van der Waals surface area contributed by atoms with Gasteiger partial charge < -0.3 is 19.5 Å². The van der Waals surface area contributed by atoms with E-state index in [1.807, 2.05) is 25.1 Å². The second kappa shape index (κ2) is 14.2. The minimum atomic E-state index is 0.257. The van der Waals surface area contributed by atoms with Crippen LogP contribution in [0.4, 0.5) is 0 Å². The summed E-state index contributed by atoms with van der Waals surface area (Å²) in [5, 5.41) is 4.61. The van der Waals surface area contributed by atoms with Gasteiger partial charge in [0, 0.05) is 35.4 Å². The lowest BCUT2D eigenvalue weighted by atomic mass is 10.2. The summed E-state index contributed by atoms with van der Waals surface area (Å²) in [6.07, 6.45) is 3.28. The maximum atomic E-state index is 6.26. The molecule has 0 heterocycles. The molecule has 0 aromatic heterocycles. The summed E-state index contributed by atoms with van der Waals surface area (Å²) < 4.78 is 18.3. The van der Waals surface area contributed by atoms with Crippen LogP contribution in [-0.4, -0.2) is 26.4 Å². The summed E-state index contributed by atoms with van der Waals surface area (Å²) in [5.41, 5.74) is 1.86. The van der Waals surface area contributed by atoms with Gasteiger partial charge >= 0.3 is 0 Å². The highest BCUT2D eigenvalue weighted by atomic mass is 79.9. The Morgan fingerprint density at radius 3 is 2.43 bits per heavy atom. The molecule has 0 aliphatic carbocycles. The largest absolute Gasteiger partial charge is 0.490 e. The summed E-state index contributed by atoms with van der Waals surface area (Å²) in [5.74, 6) is 1.33. The third-order valence-corrected chi connectivity index (χ3v) is 5.70. The van der Waals surface area contributed by atoms with Gasteiger partial charge in [-0.15, -0.1) is 0 Å². The number of benzene rings is 2. The number of ether oxygens (including phenoxy) is 3. The molecule has 2 aromatic rings. The molecule has 0 saturated heterocycles. The summed E-state index contributed by atoms with van der Waals surface area (Å²) >= 11 is 16.1. The van der Waals surface area contributed by atoms with Crippen molar-refractivity contribution in [2.45, 2.75) is 46.3 Å². The van der Waals surface area contributed by atoms with Crippen molar-refractivity contribution < 1.29 is 14.2 Å². The highest BCUT2D eigenvalue weighted by Gasteiger charge is 2.14. The molecule has 0 aliphatic rings. The predicted molar refractivity (Wildman–Crippen MR) is 128 cm³/mol. The molecule has 30 heavy (non-hydrogen) atoms. The first-order valence-corrected chi connectivity index (χ1v) is 11.9. The van der Waals surface area contributed by atoms with Gasteiger partial charge in [0.15, 0.2) is 11.5 Å². The van der Waals surface area contributed by atoms with Crippen LogP contribution >= 0.6 is 39.1 Å². The van der Waals surface area contributed by atoms with E-state index >= 15 is 0 Å². The lowest BCUT2D eigenvalue weighted by Crippen LogP contribution is -2.16. The summed E-state index contributed by atoms with van der Waals surface area (Å²) in [6, 6.07) is 9.46. The van der Waals surface area contributed by atoms with Crippen LogP contribution in [0.15, 0.2) is 34.8 Å². The lowest BCUT2D eigenvalue weighted by Gasteiger charge is -2.17. The van der Waals surface area contributed by atoms with Crippen molar-refractivity contribution in [2.75, 3.05) is 26.4 Å². The maximum Gasteiger partial charge on any atom is 0.175 e. The first kappa shape index (κ1) is 25.3. The van der Waals surface area contributed by atoms with Crippen LogP contribution in [0.1, 0.15) is 44.2 Å². The molecule has 1 N–H and O–H groups in total. The number of nitrogens with one attached hydrogen (secondary N) is 1. The zero-order valence-corrected chi connectivity index (χ0v) is 20.7. The number of hydrogen-bond acceptors (Lipinski definition) is 4. The van der Waals surface area contributed by atoms with E-state index in [9.17, 15) is 0 Å². The van der Waals surface area contributed by atoms with Gasteiger partial charge in [0.2, 0.25) is 0 Å². The van der Waals surface area contributed by atoms with Crippen molar-refractivity contribution in [1.29, 1.82) is 0 Å². The van der Waals surface area contributed by atoms with Crippen molar-refractivity contribution in [1.82, 2.24) is 5.32 Å². The van der Waals surface area contributed by atoms with Gasteiger partial charge in [0.25, 0.3) is 0 Å². The fourth-order valence-corrected chi connectivity index (χ4v) is 3.93. The third kappa shape index (κ3) is 8.27. The standard InChI is InChI=1S/C23H30BrCl2NO3/c1-3-5-11-28-12-7-10-27-15-17-13-19(24)23(22(14-17)29-4-2)30-16-18-20(25)8-6-9-21(18)26/h6,8-9,13-14,27H,3-5,7,10-12,15-16H2,1-2H3. The van der Waals surface area contributed by atoms with E-state index in [2.05, 4.69) is 28.2 Å². The van der Waals surface area contributed by atoms with Crippen LogP contribution in [0.5, 0.6) is 11.5 Å². The molecule has 0 radical (unpaired) electrons. The molecule has 0 spiro atoms. The fraction of sp³-hybridized carbons (Fsp3) is 0.478. The highest BCUT2D eigenvalue weighted by Crippen LogP contribution is 2.38. The van der Waals surface area contributed by atoms with Crippen LogP contribution in [0.25, 0.3) is 0 Å². The molecular formula is C23H30BrCl2NO3. The molecule has 2 rings (SSSR count). The van der Waals surface area contributed by atoms with Gasteiger partial charge in [-0.05, 0) is 72.1 Å². The Morgan fingerprint density at radius 2 is 1.73 bits per heavy atom. The lowest BCUT2D eigenvalue weighted by molar-refractivity contribution is 0.129. The molecule has 0 saturated carbocycles. The van der Waals surface area contributed by atoms with Gasteiger partial charge in [-0.3, -0.25) is 0 Å². The normalized spacial score (nSPS) is 11.0. The second-order valence-electron chi connectivity index (χ2n) is 6.82. The summed E-state index contributed by atoms with van der Waals surface area (Å²) in [4.78, 5) is 0. The van der Waals surface area contributed by atoms with Gasteiger partial charge in [0.1, 0.15) is 6.61 Å². The van der Waals surface area contributed by atoms with Crippen LogP contribution in [0.2, 0.25) is 10.0 Å². The molecule has 4 nitrogen and oxygen atoms in total. The third-order valence-electron chi connectivity index (χ3n) is 4.41. The topological polar surface area (TPSA) is 39.7 Å². The Morgan fingerprint density at radius 1 is 1.00 bits per heavy atom. The molecule has 0 fully saturated rings. The van der Waals surface area contributed by atoms with Gasteiger partial charge in [-0.2, -0.15) is 0 Å². The Kier molecular flexibility index (Phi) is 11.9. The zero-order valence-electron chi connectivity index (χ0n) is 17.6. The number of rotatable bonds is 14. The monoisotopic (exact) mass is 517 g/mol. The molecule has 0 unspecified atom stereocenters. The minimum Gasteiger partial charge on any atom is -0.490 e. The van der Waals surface area contributed by atoms with Crippen molar-refractivity contribution in [3.63, 3.8) is 0 Å². The molecular weight excluding hydrogens is 489 g/mol. The van der Waals surface area contributed by atoms with E-state index in [0.29, 0.717) is 28.2 Å². The molecule has 0 aliphatic heterocycles. The Labute approximate surface area is 198 Å². The first-order valence-electron chi connectivity index (χ1n) is 10.4. The van der Waals surface area contributed by atoms with Crippen LogP contribution in [-0.2, 0) is 17.9 Å². The van der Waals surface area contributed by atoms with Crippen LogP contribution in [0, 0.1) is 0 Å². The SMILES string of the molecule is CCCCOCCCNCc1cc(Br)c(OCc2c(Cl)cccc2Cl)c(OCC)c1. The minimum absolute atomic E-state index is 0.257. The molecule has 0 atom stereocenters. The van der Waals surface area contributed by atoms with Gasteiger partial charge in [0.05, 0.1) is 11.1 Å². The van der Waals surface area contributed by atoms with Crippen molar-refractivity contribution in [3.05, 3.63) is 56.0 Å². The predicted octanol–water partition coefficient (Wildman–Crippen LogP) is 7.03. The average Bonchev–Trinajstić information content (AvgIpc) is 2.71. The summed E-state index contributed by atoms with van der Waals surface area (Å²) in [7, 11) is 0. The second-order valence-corrected chi connectivity index (χ2v) is 8.49. The fourth-order valence-electron chi connectivity index (χ4n) is 2.82. The van der Waals surface area contributed by atoms with Crippen molar-refractivity contribution >= 4 is 39.1 Å². The molecule has 7 heteroatoms. The van der Waals surface area contributed by atoms with Gasteiger partial charge in [-0.25, -0.2) is 0 Å². The quantitative estimate of drug-likeness (QED) is 0.272. The number of unbranched alkanes of at least 4 members (excludes halogenated alkanes) is 1. The maximum absolute atomic E-state index is 6.26. The van der Waals surface area contributed by atoms with E-state index in [1.165, 1.54) is 6.42 Å². The van der Waals surface area contributed by atoms with E-state index < -0.39 is 0 Å². The number of hydrogen-bond donors (Lipinski definition) is 1. The summed E-state index contributed by atoms with van der Waals surface area (Å²) in [6.45, 7) is 8.20. The molecule has 0 amide bonds. The Bertz CT molecular complexity index is 769. The van der Waals surface area contributed by atoms with Crippen LogP contribution in [0.3, 0.4) is 0 Å². The smallest absolute Gasteiger partial charge is 0.175 e.